The van der Waals surface area contributed by atoms with E-state index in [1.54, 1.807) is 13.8 Å². The Balaban J connectivity index is 2.09. The zero-order valence-electron chi connectivity index (χ0n) is 15.2. The summed E-state index contributed by atoms with van der Waals surface area (Å²) in [6.45, 7) is 7.84. The van der Waals surface area contributed by atoms with E-state index in [0.29, 0.717) is 11.6 Å². The summed E-state index contributed by atoms with van der Waals surface area (Å²) in [6.07, 6.45) is 1.49. The fourth-order valence-corrected chi connectivity index (χ4v) is 2.57. The maximum atomic E-state index is 11.7. The largest absolute Gasteiger partial charge is 0.346 e. The third-order valence-electron chi connectivity index (χ3n) is 3.70. The van der Waals surface area contributed by atoms with Crippen LogP contribution in [0.2, 0.25) is 5.02 Å². The summed E-state index contributed by atoms with van der Waals surface area (Å²) >= 11 is 6.20. The minimum atomic E-state index is -0.811. The van der Waals surface area contributed by atoms with E-state index in [9.17, 15) is 9.59 Å². The summed E-state index contributed by atoms with van der Waals surface area (Å²) in [7, 11) is 0. The van der Waals surface area contributed by atoms with E-state index in [4.69, 9.17) is 11.6 Å². The molecule has 138 valence electrons. The number of aromatic nitrogens is 2. The maximum Gasteiger partial charge on any atom is 0.329 e. The fraction of sp³-hybridized carbons (Fsp3) is 0.333. The summed E-state index contributed by atoms with van der Waals surface area (Å²) in [4.78, 5) is 23.2. The van der Waals surface area contributed by atoms with Crippen LogP contribution in [-0.2, 0) is 16.1 Å². The lowest BCUT2D eigenvalue weighted by Crippen LogP contribution is -2.41. The Morgan fingerprint density at radius 3 is 2.62 bits per heavy atom. The van der Waals surface area contributed by atoms with Crippen LogP contribution in [0.3, 0.4) is 0 Å². The van der Waals surface area contributed by atoms with Crippen molar-refractivity contribution in [2.24, 2.45) is 5.10 Å². The van der Waals surface area contributed by atoms with Gasteiger partial charge in [0.25, 0.3) is 0 Å². The summed E-state index contributed by atoms with van der Waals surface area (Å²) in [6, 6.07) is 7.46. The molecule has 0 atom stereocenters. The number of hydrazone groups is 1. The molecule has 7 nitrogen and oxygen atoms in total. The molecule has 0 unspecified atom stereocenters. The number of nitrogens with one attached hydrogen (secondary N) is 2. The number of hydrogen-bond donors (Lipinski definition) is 2. The van der Waals surface area contributed by atoms with E-state index >= 15 is 0 Å². The van der Waals surface area contributed by atoms with Gasteiger partial charge in [0, 0.05) is 22.3 Å². The molecule has 2 rings (SSSR count). The summed E-state index contributed by atoms with van der Waals surface area (Å²) in [5.41, 5.74) is 5.60. The third-order valence-corrected chi connectivity index (χ3v) is 4.07. The first-order valence-electron chi connectivity index (χ1n) is 8.21. The van der Waals surface area contributed by atoms with Gasteiger partial charge in [-0.2, -0.15) is 10.2 Å². The van der Waals surface area contributed by atoms with E-state index in [0.717, 1.165) is 22.5 Å². The SMILES string of the molecule is Cc1nn(Cc2ccccc2Cl)c(C)c1/C=N\NC(=O)C(=O)NC(C)C. The van der Waals surface area contributed by atoms with Crippen molar-refractivity contribution in [2.75, 3.05) is 0 Å². The van der Waals surface area contributed by atoms with Crippen LogP contribution in [0.5, 0.6) is 0 Å². The van der Waals surface area contributed by atoms with Crippen molar-refractivity contribution in [1.29, 1.82) is 0 Å². The molecule has 0 saturated heterocycles. The van der Waals surface area contributed by atoms with Crippen molar-refractivity contribution in [3.63, 3.8) is 0 Å². The highest BCUT2D eigenvalue weighted by atomic mass is 35.5. The molecule has 0 bridgehead atoms. The molecule has 0 aliphatic heterocycles. The lowest BCUT2D eigenvalue weighted by atomic mass is 10.2. The molecule has 2 N–H and O–H groups in total. The fourth-order valence-electron chi connectivity index (χ4n) is 2.37. The van der Waals surface area contributed by atoms with Gasteiger partial charge >= 0.3 is 11.8 Å². The zero-order chi connectivity index (χ0) is 19.3. The second kappa shape index (κ2) is 8.62. The Labute approximate surface area is 157 Å². The van der Waals surface area contributed by atoms with E-state index < -0.39 is 11.8 Å². The smallest absolute Gasteiger partial charge is 0.329 e. The van der Waals surface area contributed by atoms with Gasteiger partial charge in [-0.1, -0.05) is 29.8 Å². The number of hydrogen-bond acceptors (Lipinski definition) is 4. The van der Waals surface area contributed by atoms with Gasteiger partial charge in [0.2, 0.25) is 0 Å². The van der Waals surface area contributed by atoms with Gasteiger partial charge in [-0.25, -0.2) is 5.43 Å². The first kappa shape index (κ1) is 19.7. The van der Waals surface area contributed by atoms with Gasteiger partial charge in [-0.3, -0.25) is 14.3 Å². The number of benzene rings is 1. The lowest BCUT2D eigenvalue weighted by molar-refractivity contribution is -0.139. The number of aryl methyl sites for hydroxylation is 1. The van der Waals surface area contributed by atoms with Crippen LogP contribution < -0.4 is 10.7 Å². The Kier molecular flexibility index (Phi) is 6.52. The van der Waals surface area contributed by atoms with Crippen molar-refractivity contribution in [2.45, 2.75) is 40.3 Å². The minimum absolute atomic E-state index is 0.121. The van der Waals surface area contributed by atoms with Gasteiger partial charge in [0.05, 0.1) is 18.5 Å². The molecule has 26 heavy (non-hydrogen) atoms. The molecule has 0 fully saturated rings. The van der Waals surface area contributed by atoms with Crippen LogP contribution >= 0.6 is 11.6 Å². The Morgan fingerprint density at radius 2 is 1.96 bits per heavy atom. The highest BCUT2D eigenvalue weighted by Gasteiger charge is 2.14. The van der Waals surface area contributed by atoms with Crippen LogP contribution in [0, 0.1) is 13.8 Å². The van der Waals surface area contributed by atoms with Gasteiger partial charge in [-0.05, 0) is 39.3 Å². The molecule has 0 radical (unpaired) electrons. The molecule has 2 aromatic rings. The molecule has 0 spiro atoms. The quantitative estimate of drug-likeness (QED) is 0.477. The van der Waals surface area contributed by atoms with Crippen molar-refractivity contribution < 1.29 is 9.59 Å². The maximum absolute atomic E-state index is 11.7. The van der Waals surface area contributed by atoms with Gasteiger partial charge in [-0.15, -0.1) is 0 Å². The standard InChI is InChI=1S/C18H22ClN5O2/c1-11(2)21-17(25)18(26)22-20-9-15-12(3)23-24(13(15)4)10-14-7-5-6-8-16(14)19/h5-9,11H,10H2,1-4H3,(H,21,25)(H,22,26)/b20-9-. The van der Waals surface area contributed by atoms with Crippen molar-refractivity contribution in [3.05, 3.63) is 51.8 Å². The average molecular weight is 376 g/mol. The van der Waals surface area contributed by atoms with Gasteiger partial charge in [0.1, 0.15) is 0 Å². The molecule has 2 amide bonds. The topological polar surface area (TPSA) is 88.4 Å². The predicted octanol–water partition coefficient (Wildman–Crippen LogP) is 2.18. The van der Waals surface area contributed by atoms with E-state index in [-0.39, 0.29) is 6.04 Å². The number of amides is 2. The van der Waals surface area contributed by atoms with Crippen LogP contribution in [-0.4, -0.2) is 33.9 Å². The number of nitrogens with zero attached hydrogens (tertiary/aromatic N) is 3. The zero-order valence-corrected chi connectivity index (χ0v) is 16.0. The molecule has 8 heteroatoms. The predicted molar refractivity (Wildman–Crippen MR) is 101 cm³/mol. The van der Waals surface area contributed by atoms with E-state index in [1.807, 2.05) is 42.8 Å². The molecular formula is C18H22ClN5O2. The second-order valence-electron chi connectivity index (χ2n) is 6.16. The number of halogens is 1. The Bertz CT molecular complexity index is 842. The van der Waals surface area contributed by atoms with Crippen LogP contribution in [0.1, 0.15) is 36.4 Å². The summed E-state index contributed by atoms with van der Waals surface area (Å²) in [5, 5.41) is 11.5. The summed E-state index contributed by atoms with van der Waals surface area (Å²) < 4.78 is 1.82. The first-order valence-corrected chi connectivity index (χ1v) is 8.58. The molecule has 1 heterocycles. The minimum Gasteiger partial charge on any atom is -0.346 e. The lowest BCUT2D eigenvalue weighted by Gasteiger charge is -2.07. The Hall–Kier alpha value is -2.67. The normalized spacial score (nSPS) is 11.2. The molecule has 1 aromatic heterocycles. The van der Waals surface area contributed by atoms with Crippen molar-refractivity contribution >= 4 is 29.6 Å². The highest BCUT2D eigenvalue weighted by Crippen LogP contribution is 2.18. The average Bonchev–Trinajstić information content (AvgIpc) is 2.83. The monoisotopic (exact) mass is 375 g/mol. The highest BCUT2D eigenvalue weighted by molar-refractivity contribution is 6.35. The number of carbonyl (C=O) groups is 2. The summed E-state index contributed by atoms with van der Waals surface area (Å²) in [5.74, 6) is -1.53. The molecule has 1 aromatic carbocycles. The molecule has 0 aliphatic rings. The molecular weight excluding hydrogens is 354 g/mol. The van der Waals surface area contributed by atoms with Gasteiger partial charge < -0.3 is 5.32 Å². The first-order chi connectivity index (χ1) is 12.3. The third kappa shape index (κ3) is 4.92. The number of carbonyl (C=O) groups excluding carboxylic acids is 2. The Morgan fingerprint density at radius 1 is 1.27 bits per heavy atom. The van der Waals surface area contributed by atoms with Crippen LogP contribution in [0.4, 0.5) is 0 Å². The van der Waals surface area contributed by atoms with Crippen molar-refractivity contribution in [1.82, 2.24) is 20.5 Å². The molecule has 0 aliphatic carbocycles. The van der Waals surface area contributed by atoms with Crippen LogP contribution in [0.25, 0.3) is 0 Å². The second-order valence-corrected chi connectivity index (χ2v) is 6.57. The van der Waals surface area contributed by atoms with E-state index in [1.165, 1.54) is 6.21 Å². The van der Waals surface area contributed by atoms with Gasteiger partial charge in [0.15, 0.2) is 0 Å². The van der Waals surface area contributed by atoms with Crippen LogP contribution in [0.15, 0.2) is 29.4 Å². The van der Waals surface area contributed by atoms with E-state index in [2.05, 4.69) is 20.9 Å². The number of rotatable bonds is 5. The van der Waals surface area contributed by atoms with Crippen molar-refractivity contribution in [3.8, 4) is 0 Å². The molecule has 0 saturated carbocycles.